The van der Waals surface area contributed by atoms with E-state index in [9.17, 15) is 5.11 Å². The average molecular weight is 234 g/mol. The lowest BCUT2D eigenvalue weighted by Gasteiger charge is -2.34. The summed E-state index contributed by atoms with van der Waals surface area (Å²) >= 11 is 0. The molecule has 0 amide bonds. The first-order chi connectivity index (χ1) is 8.29. The fourth-order valence-corrected chi connectivity index (χ4v) is 2.35. The molecule has 0 aromatic heterocycles. The summed E-state index contributed by atoms with van der Waals surface area (Å²) in [7, 11) is 0. The molecule has 1 aliphatic heterocycles. The van der Waals surface area contributed by atoms with Crippen LogP contribution in [0.15, 0.2) is 24.3 Å². The van der Waals surface area contributed by atoms with Crippen LogP contribution in [-0.2, 0) is 0 Å². The van der Waals surface area contributed by atoms with Crippen LogP contribution in [0.3, 0.4) is 0 Å². The van der Waals surface area contributed by atoms with Gasteiger partial charge >= 0.3 is 0 Å². The average Bonchev–Trinajstić information content (AvgIpc) is 2.38. The molecule has 1 aromatic carbocycles. The van der Waals surface area contributed by atoms with Crippen molar-refractivity contribution in [2.24, 2.45) is 0 Å². The van der Waals surface area contributed by atoms with E-state index in [4.69, 9.17) is 0 Å². The minimum Gasteiger partial charge on any atom is -0.508 e. The zero-order chi connectivity index (χ0) is 12.1. The Kier molecular flexibility index (Phi) is 4.26. The summed E-state index contributed by atoms with van der Waals surface area (Å²) in [6, 6.07) is 8.20. The van der Waals surface area contributed by atoms with Crippen LogP contribution in [0.1, 0.15) is 26.2 Å². The largest absolute Gasteiger partial charge is 0.508 e. The van der Waals surface area contributed by atoms with E-state index in [0.717, 1.165) is 19.6 Å². The fourth-order valence-electron chi connectivity index (χ4n) is 2.35. The van der Waals surface area contributed by atoms with E-state index in [1.54, 1.807) is 12.1 Å². The van der Waals surface area contributed by atoms with Gasteiger partial charge in [0.1, 0.15) is 5.75 Å². The van der Waals surface area contributed by atoms with Crippen LogP contribution < -0.4 is 10.2 Å². The maximum atomic E-state index is 9.27. The third-order valence-electron chi connectivity index (χ3n) is 3.39. The zero-order valence-electron chi connectivity index (χ0n) is 10.5. The first-order valence-electron chi connectivity index (χ1n) is 6.57. The van der Waals surface area contributed by atoms with Gasteiger partial charge in [0.2, 0.25) is 0 Å². The SMILES string of the molecule is CCCNC1CCN(c2ccc(O)cc2)CC1. The van der Waals surface area contributed by atoms with Crippen LogP contribution in [0.2, 0.25) is 0 Å². The molecule has 1 aromatic rings. The molecule has 1 aliphatic rings. The summed E-state index contributed by atoms with van der Waals surface area (Å²) in [5.41, 5.74) is 1.22. The molecule has 3 nitrogen and oxygen atoms in total. The van der Waals surface area contributed by atoms with Gasteiger partial charge in [-0.25, -0.2) is 0 Å². The Morgan fingerprint density at radius 2 is 1.88 bits per heavy atom. The van der Waals surface area contributed by atoms with E-state index in [-0.39, 0.29) is 0 Å². The van der Waals surface area contributed by atoms with E-state index in [2.05, 4.69) is 17.1 Å². The lowest BCUT2D eigenvalue weighted by Crippen LogP contribution is -2.42. The molecule has 0 saturated carbocycles. The van der Waals surface area contributed by atoms with Gasteiger partial charge in [0.15, 0.2) is 0 Å². The van der Waals surface area contributed by atoms with Crippen LogP contribution in [0, 0.1) is 0 Å². The minimum absolute atomic E-state index is 0.341. The molecule has 0 radical (unpaired) electrons. The highest BCUT2D eigenvalue weighted by Crippen LogP contribution is 2.22. The lowest BCUT2D eigenvalue weighted by atomic mass is 10.0. The number of benzene rings is 1. The molecule has 1 fully saturated rings. The van der Waals surface area contributed by atoms with E-state index in [1.807, 2.05) is 12.1 Å². The highest BCUT2D eigenvalue weighted by molar-refractivity contribution is 5.49. The Balaban J connectivity index is 1.84. The normalized spacial score (nSPS) is 17.4. The number of hydrogen-bond acceptors (Lipinski definition) is 3. The zero-order valence-corrected chi connectivity index (χ0v) is 10.5. The summed E-state index contributed by atoms with van der Waals surface area (Å²) < 4.78 is 0. The Morgan fingerprint density at radius 3 is 2.47 bits per heavy atom. The van der Waals surface area contributed by atoms with Crippen LogP contribution in [-0.4, -0.2) is 30.8 Å². The van der Waals surface area contributed by atoms with E-state index in [0.29, 0.717) is 11.8 Å². The molecule has 1 heterocycles. The van der Waals surface area contributed by atoms with Crippen molar-refractivity contribution in [3.8, 4) is 5.75 Å². The van der Waals surface area contributed by atoms with Crippen LogP contribution in [0.4, 0.5) is 5.69 Å². The van der Waals surface area contributed by atoms with Gasteiger partial charge in [0.25, 0.3) is 0 Å². The van der Waals surface area contributed by atoms with Crippen molar-refractivity contribution in [2.45, 2.75) is 32.2 Å². The number of phenols is 1. The third-order valence-corrected chi connectivity index (χ3v) is 3.39. The second-order valence-corrected chi connectivity index (χ2v) is 4.73. The van der Waals surface area contributed by atoms with Crippen molar-refractivity contribution in [3.63, 3.8) is 0 Å². The first-order valence-corrected chi connectivity index (χ1v) is 6.57. The van der Waals surface area contributed by atoms with Gasteiger partial charge in [-0.2, -0.15) is 0 Å². The molecule has 3 heteroatoms. The Labute approximate surface area is 103 Å². The smallest absolute Gasteiger partial charge is 0.115 e. The number of hydrogen-bond donors (Lipinski definition) is 2. The standard InChI is InChI=1S/C14H22N2O/c1-2-9-15-12-7-10-16(11-8-12)13-3-5-14(17)6-4-13/h3-6,12,15,17H,2,7-11H2,1H3. The molecule has 0 spiro atoms. The Morgan fingerprint density at radius 1 is 1.24 bits per heavy atom. The van der Waals surface area contributed by atoms with Gasteiger partial charge in [-0.3, -0.25) is 0 Å². The second-order valence-electron chi connectivity index (χ2n) is 4.73. The summed E-state index contributed by atoms with van der Waals surface area (Å²) in [6.07, 6.45) is 3.62. The minimum atomic E-state index is 0.341. The number of phenolic OH excluding ortho intramolecular Hbond substituents is 1. The van der Waals surface area contributed by atoms with Crippen molar-refractivity contribution < 1.29 is 5.11 Å². The van der Waals surface area contributed by atoms with E-state index in [1.165, 1.54) is 24.9 Å². The van der Waals surface area contributed by atoms with Gasteiger partial charge in [0.05, 0.1) is 0 Å². The molecule has 0 unspecified atom stereocenters. The summed E-state index contributed by atoms with van der Waals surface area (Å²) in [6.45, 7) is 5.54. The van der Waals surface area contributed by atoms with Gasteiger partial charge < -0.3 is 15.3 Å². The Hall–Kier alpha value is -1.22. The number of nitrogens with zero attached hydrogens (tertiary/aromatic N) is 1. The summed E-state index contributed by atoms with van der Waals surface area (Å²) in [4.78, 5) is 2.39. The summed E-state index contributed by atoms with van der Waals surface area (Å²) in [5, 5.41) is 12.9. The van der Waals surface area contributed by atoms with Crippen molar-refractivity contribution in [3.05, 3.63) is 24.3 Å². The van der Waals surface area contributed by atoms with Gasteiger partial charge in [0, 0.05) is 24.8 Å². The second kappa shape index (κ2) is 5.92. The van der Waals surface area contributed by atoms with E-state index < -0.39 is 0 Å². The topological polar surface area (TPSA) is 35.5 Å². The number of anilines is 1. The number of piperidine rings is 1. The first kappa shape index (κ1) is 12.2. The van der Waals surface area contributed by atoms with Crippen molar-refractivity contribution in [2.75, 3.05) is 24.5 Å². The molecule has 0 atom stereocenters. The Bertz CT molecular complexity index is 329. The maximum Gasteiger partial charge on any atom is 0.115 e. The molecule has 0 aliphatic carbocycles. The highest BCUT2D eigenvalue weighted by atomic mass is 16.3. The molecule has 17 heavy (non-hydrogen) atoms. The highest BCUT2D eigenvalue weighted by Gasteiger charge is 2.18. The lowest BCUT2D eigenvalue weighted by molar-refractivity contribution is 0.415. The third kappa shape index (κ3) is 3.37. The molecule has 2 rings (SSSR count). The number of rotatable bonds is 4. The molecule has 94 valence electrons. The molecule has 1 saturated heterocycles. The number of nitrogens with one attached hydrogen (secondary N) is 1. The maximum absolute atomic E-state index is 9.27. The van der Waals surface area contributed by atoms with E-state index >= 15 is 0 Å². The van der Waals surface area contributed by atoms with Crippen molar-refractivity contribution in [1.29, 1.82) is 0 Å². The molecular weight excluding hydrogens is 212 g/mol. The fraction of sp³-hybridized carbons (Fsp3) is 0.571. The van der Waals surface area contributed by atoms with Gasteiger partial charge in [-0.15, -0.1) is 0 Å². The molecule has 2 N–H and O–H groups in total. The van der Waals surface area contributed by atoms with Crippen molar-refractivity contribution in [1.82, 2.24) is 5.32 Å². The van der Waals surface area contributed by atoms with Crippen LogP contribution in [0.5, 0.6) is 5.75 Å². The number of aromatic hydroxyl groups is 1. The van der Waals surface area contributed by atoms with Gasteiger partial charge in [-0.05, 0) is 50.1 Å². The molecular formula is C14H22N2O. The summed E-state index contributed by atoms with van der Waals surface area (Å²) in [5.74, 6) is 0.341. The monoisotopic (exact) mass is 234 g/mol. The quantitative estimate of drug-likeness (QED) is 0.839. The predicted octanol–water partition coefficient (Wildman–Crippen LogP) is 2.36. The van der Waals surface area contributed by atoms with Crippen molar-refractivity contribution >= 4 is 5.69 Å². The van der Waals surface area contributed by atoms with Crippen LogP contribution >= 0.6 is 0 Å². The van der Waals surface area contributed by atoms with Crippen LogP contribution in [0.25, 0.3) is 0 Å². The predicted molar refractivity (Wildman–Crippen MR) is 71.6 cm³/mol. The molecule has 0 bridgehead atoms. The van der Waals surface area contributed by atoms with Gasteiger partial charge in [-0.1, -0.05) is 6.92 Å².